The largest absolute Gasteiger partial charge is 0.493 e. The third kappa shape index (κ3) is 3.95. The molecule has 2 aromatic carbocycles. The smallest absolute Gasteiger partial charge is 0.336 e. The minimum Gasteiger partial charge on any atom is -0.493 e. The first-order valence-corrected chi connectivity index (χ1v) is 9.42. The third-order valence-electron chi connectivity index (χ3n) is 4.06. The Hall–Kier alpha value is -2.64. The number of rotatable bonds is 5. The molecule has 0 radical (unpaired) electrons. The van der Waals surface area contributed by atoms with Gasteiger partial charge in [0.05, 0.1) is 11.5 Å². The van der Waals surface area contributed by atoms with E-state index in [0.29, 0.717) is 23.3 Å². The van der Waals surface area contributed by atoms with Crippen LogP contribution in [0.3, 0.4) is 0 Å². The van der Waals surface area contributed by atoms with Crippen molar-refractivity contribution in [3.05, 3.63) is 69.6 Å². The number of hydrogen-bond donors (Lipinski definition) is 1. The van der Waals surface area contributed by atoms with Crippen LogP contribution < -0.4 is 10.4 Å². The molecular formula is C19H18O6S. The Balaban J connectivity index is 1.80. The lowest BCUT2D eigenvalue weighted by Gasteiger charge is -2.10. The lowest BCUT2D eigenvalue weighted by molar-refractivity contribution is 0.320. The zero-order chi connectivity index (χ0) is 18.9. The summed E-state index contributed by atoms with van der Waals surface area (Å²) in [5, 5.41) is 0.823. The highest BCUT2D eigenvalue weighted by Crippen LogP contribution is 2.23. The van der Waals surface area contributed by atoms with Gasteiger partial charge in [-0.3, -0.25) is 4.55 Å². The molecule has 3 aromatic rings. The summed E-state index contributed by atoms with van der Waals surface area (Å²) >= 11 is 0. The fourth-order valence-electron chi connectivity index (χ4n) is 2.83. The first-order valence-electron chi connectivity index (χ1n) is 7.98. The molecule has 136 valence electrons. The van der Waals surface area contributed by atoms with Gasteiger partial charge in [-0.05, 0) is 43.2 Å². The molecule has 0 aliphatic rings. The normalized spacial score (nSPS) is 11.7. The Morgan fingerprint density at radius 1 is 1.08 bits per heavy atom. The van der Waals surface area contributed by atoms with E-state index in [1.807, 2.05) is 13.8 Å². The lowest BCUT2D eigenvalue weighted by Crippen LogP contribution is -2.08. The number of hydrogen-bond acceptors (Lipinski definition) is 5. The van der Waals surface area contributed by atoms with Crippen LogP contribution in [0.25, 0.3) is 11.0 Å². The molecule has 0 spiro atoms. The van der Waals surface area contributed by atoms with E-state index >= 15 is 0 Å². The second kappa shape index (κ2) is 6.93. The molecule has 7 heteroatoms. The minimum atomic E-state index is -4.29. The van der Waals surface area contributed by atoms with E-state index in [9.17, 15) is 17.8 Å². The molecule has 0 bridgehead atoms. The van der Waals surface area contributed by atoms with Crippen LogP contribution in [0.5, 0.6) is 5.75 Å². The van der Waals surface area contributed by atoms with E-state index < -0.39 is 15.7 Å². The monoisotopic (exact) mass is 374 g/mol. The first kappa shape index (κ1) is 18.2. The molecule has 1 N–H and O–H groups in total. The van der Waals surface area contributed by atoms with Gasteiger partial charge in [0.2, 0.25) is 0 Å². The van der Waals surface area contributed by atoms with E-state index in [1.54, 1.807) is 30.3 Å². The number of ether oxygens (including phenoxy) is 1. The molecule has 0 unspecified atom stereocenters. The fourth-order valence-corrected chi connectivity index (χ4v) is 3.56. The maximum atomic E-state index is 11.5. The van der Waals surface area contributed by atoms with Crippen molar-refractivity contribution >= 4 is 21.1 Å². The van der Waals surface area contributed by atoms with E-state index in [2.05, 4.69) is 0 Å². The van der Waals surface area contributed by atoms with Gasteiger partial charge >= 0.3 is 5.63 Å². The molecule has 0 amide bonds. The molecule has 0 fully saturated rings. The number of fused-ring (bicyclic) bond motifs is 1. The van der Waals surface area contributed by atoms with Crippen LogP contribution in [0.2, 0.25) is 0 Å². The van der Waals surface area contributed by atoms with Crippen LogP contribution in [0, 0.1) is 13.8 Å². The molecule has 0 atom stereocenters. The molecule has 26 heavy (non-hydrogen) atoms. The van der Waals surface area contributed by atoms with Gasteiger partial charge in [-0.2, -0.15) is 8.42 Å². The van der Waals surface area contributed by atoms with Gasteiger partial charge in [-0.1, -0.05) is 17.7 Å². The standard InChI is InChI=1S/C19H18O6S/c1-12-3-6-18(26(21,22)23)14(9-12)7-8-24-15-4-5-16-13(2)10-19(20)25-17(16)11-15/h3-6,9-11H,7-8H2,1-2H3,(H,21,22,23). The molecule has 3 rings (SSSR count). The Morgan fingerprint density at radius 2 is 1.85 bits per heavy atom. The van der Waals surface area contributed by atoms with Crippen LogP contribution in [0.4, 0.5) is 0 Å². The maximum absolute atomic E-state index is 11.5. The van der Waals surface area contributed by atoms with Gasteiger partial charge in [0.25, 0.3) is 10.1 Å². The predicted molar refractivity (Wildman–Crippen MR) is 97.4 cm³/mol. The van der Waals surface area contributed by atoms with Gasteiger partial charge < -0.3 is 9.15 Å². The summed E-state index contributed by atoms with van der Waals surface area (Å²) in [4.78, 5) is 11.4. The van der Waals surface area contributed by atoms with Gasteiger partial charge in [0.1, 0.15) is 11.3 Å². The second-order valence-electron chi connectivity index (χ2n) is 6.09. The van der Waals surface area contributed by atoms with Crippen molar-refractivity contribution in [2.75, 3.05) is 6.61 Å². The number of benzene rings is 2. The van der Waals surface area contributed by atoms with E-state index in [0.717, 1.165) is 16.5 Å². The Kier molecular flexibility index (Phi) is 4.84. The Labute approximate surface area is 150 Å². The van der Waals surface area contributed by atoms with Crippen LogP contribution in [0.15, 0.2) is 56.6 Å². The van der Waals surface area contributed by atoms with Crippen LogP contribution >= 0.6 is 0 Å². The summed E-state index contributed by atoms with van der Waals surface area (Å²) in [6.45, 7) is 3.87. The highest BCUT2D eigenvalue weighted by molar-refractivity contribution is 7.85. The summed E-state index contributed by atoms with van der Waals surface area (Å²) in [5.74, 6) is 0.507. The first-order chi connectivity index (χ1) is 12.2. The summed E-state index contributed by atoms with van der Waals surface area (Å²) in [7, 11) is -4.29. The molecule has 0 aliphatic heterocycles. The van der Waals surface area contributed by atoms with Gasteiger partial charge in [-0.15, -0.1) is 0 Å². The van der Waals surface area contributed by atoms with Crippen LogP contribution in [0.1, 0.15) is 16.7 Å². The average molecular weight is 374 g/mol. The number of aryl methyl sites for hydroxylation is 2. The lowest BCUT2D eigenvalue weighted by atomic mass is 10.1. The van der Waals surface area contributed by atoms with Gasteiger partial charge in [-0.25, -0.2) is 4.79 Å². The molecule has 1 heterocycles. The highest BCUT2D eigenvalue weighted by atomic mass is 32.2. The van der Waals surface area contributed by atoms with Crippen molar-refractivity contribution in [1.29, 1.82) is 0 Å². The third-order valence-corrected chi connectivity index (χ3v) is 5.01. The Morgan fingerprint density at radius 3 is 2.58 bits per heavy atom. The minimum absolute atomic E-state index is 0.119. The summed E-state index contributed by atoms with van der Waals surface area (Å²) in [5.41, 5.74) is 2.19. The van der Waals surface area contributed by atoms with E-state index in [1.165, 1.54) is 12.1 Å². The molecule has 0 aliphatic carbocycles. The summed E-state index contributed by atoms with van der Waals surface area (Å²) in [6, 6.07) is 11.3. The molecule has 1 aromatic heterocycles. The molecule has 0 saturated heterocycles. The zero-order valence-electron chi connectivity index (χ0n) is 14.4. The van der Waals surface area contributed by atoms with Gasteiger partial charge in [0, 0.05) is 23.9 Å². The topological polar surface area (TPSA) is 93.8 Å². The van der Waals surface area contributed by atoms with E-state index in [4.69, 9.17) is 9.15 Å². The zero-order valence-corrected chi connectivity index (χ0v) is 15.2. The fraction of sp³-hybridized carbons (Fsp3) is 0.211. The predicted octanol–water partition coefficient (Wildman–Crippen LogP) is 3.28. The van der Waals surface area contributed by atoms with E-state index in [-0.39, 0.29) is 11.5 Å². The average Bonchev–Trinajstić information content (AvgIpc) is 2.53. The van der Waals surface area contributed by atoms with Crippen molar-refractivity contribution in [3.63, 3.8) is 0 Å². The molecule has 6 nitrogen and oxygen atoms in total. The van der Waals surface area contributed by atoms with Crippen molar-refractivity contribution in [2.45, 2.75) is 25.2 Å². The van der Waals surface area contributed by atoms with Crippen molar-refractivity contribution in [3.8, 4) is 5.75 Å². The highest BCUT2D eigenvalue weighted by Gasteiger charge is 2.15. The summed E-state index contributed by atoms with van der Waals surface area (Å²) < 4.78 is 43.1. The quantitative estimate of drug-likeness (QED) is 0.544. The van der Waals surface area contributed by atoms with Crippen LogP contribution in [-0.4, -0.2) is 19.6 Å². The van der Waals surface area contributed by atoms with Crippen LogP contribution in [-0.2, 0) is 16.5 Å². The van der Waals surface area contributed by atoms with Crippen molar-refractivity contribution in [2.24, 2.45) is 0 Å². The SMILES string of the molecule is Cc1ccc(S(=O)(=O)O)c(CCOc2ccc3c(C)cc(=O)oc3c2)c1. The maximum Gasteiger partial charge on any atom is 0.336 e. The van der Waals surface area contributed by atoms with Gasteiger partial charge in [0.15, 0.2) is 0 Å². The van der Waals surface area contributed by atoms with Crippen molar-refractivity contribution < 1.29 is 22.1 Å². The second-order valence-corrected chi connectivity index (χ2v) is 7.48. The summed E-state index contributed by atoms with van der Waals surface area (Å²) in [6.07, 6.45) is 0.298. The molecular weight excluding hydrogens is 356 g/mol. The Bertz CT molecular complexity index is 1130. The molecule has 0 saturated carbocycles. The van der Waals surface area contributed by atoms with Crippen molar-refractivity contribution in [1.82, 2.24) is 0 Å².